The molecule has 1 aliphatic rings. The van der Waals surface area contributed by atoms with Crippen LogP contribution >= 0.6 is 11.6 Å². The summed E-state index contributed by atoms with van der Waals surface area (Å²) >= 11 is 6.01. The Bertz CT molecular complexity index is 722. The van der Waals surface area contributed by atoms with E-state index in [-0.39, 0.29) is 5.91 Å². The van der Waals surface area contributed by atoms with Crippen molar-refractivity contribution >= 4 is 17.5 Å². The van der Waals surface area contributed by atoms with Crippen LogP contribution in [0.1, 0.15) is 24.0 Å². The van der Waals surface area contributed by atoms with Crippen molar-refractivity contribution in [3.05, 3.63) is 64.7 Å². The fraction of sp³-hybridized carbons (Fsp3) is 0.381. The Hall–Kier alpha value is -2.04. The number of hydrogen-bond acceptors (Lipinski definition) is 3. The minimum Gasteiger partial charge on any atom is -0.497 e. The molecule has 2 aromatic carbocycles. The van der Waals surface area contributed by atoms with Crippen molar-refractivity contribution in [3.63, 3.8) is 0 Å². The number of amides is 1. The lowest BCUT2D eigenvalue weighted by Crippen LogP contribution is -2.48. The molecule has 1 N–H and O–H groups in total. The first kappa shape index (κ1) is 18.7. The van der Waals surface area contributed by atoms with Crippen LogP contribution < -0.4 is 10.1 Å². The van der Waals surface area contributed by atoms with Gasteiger partial charge in [-0.05, 0) is 54.7 Å². The van der Waals surface area contributed by atoms with E-state index >= 15 is 0 Å². The maximum absolute atomic E-state index is 13.1. The molecule has 0 aromatic heterocycles. The van der Waals surface area contributed by atoms with Crippen LogP contribution in [0, 0.1) is 0 Å². The zero-order valence-corrected chi connectivity index (χ0v) is 15.7. The van der Waals surface area contributed by atoms with Gasteiger partial charge in [-0.25, -0.2) is 0 Å². The van der Waals surface area contributed by atoms with E-state index in [0.717, 1.165) is 17.7 Å². The van der Waals surface area contributed by atoms with Crippen LogP contribution in [0.4, 0.5) is 0 Å². The lowest BCUT2D eigenvalue weighted by molar-refractivity contribution is -0.130. The van der Waals surface area contributed by atoms with Gasteiger partial charge >= 0.3 is 0 Å². The molecule has 0 saturated carbocycles. The van der Waals surface area contributed by atoms with Crippen molar-refractivity contribution in [3.8, 4) is 5.75 Å². The standard InChI is InChI=1S/C21H24ClNO3/c1-25-19-8-2-16(3-9-19)10-13-23-20(24)21(11-14-26-15-12-21)17-4-6-18(22)7-5-17/h2-9H,10-15H2,1H3,(H,23,24). The van der Waals surface area contributed by atoms with Crippen molar-refractivity contribution in [2.75, 3.05) is 26.9 Å². The topological polar surface area (TPSA) is 47.6 Å². The Morgan fingerprint density at radius 1 is 1.12 bits per heavy atom. The third kappa shape index (κ3) is 4.19. The minimum absolute atomic E-state index is 0.0663. The smallest absolute Gasteiger partial charge is 0.230 e. The Morgan fingerprint density at radius 3 is 2.38 bits per heavy atom. The molecular formula is C21H24ClNO3. The van der Waals surface area contributed by atoms with Crippen molar-refractivity contribution in [2.24, 2.45) is 0 Å². The van der Waals surface area contributed by atoms with Crippen molar-refractivity contribution in [2.45, 2.75) is 24.7 Å². The number of nitrogens with one attached hydrogen (secondary N) is 1. The Kier molecular flexibility index (Phi) is 6.17. The van der Waals surface area contributed by atoms with E-state index in [4.69, 9.17) is 21.1 Å². The molecule has 2 aromatic rings. The maximum atomic E-state index is 13.1. The van der Waals surface area contributed by atoms with Gasteiger partial charge in [-0.3, -0.25) is 4.79 Å². The van der Waals surface area contributed by atoms with Gasteiger partial charge in [-0.15, -0.1) is 0 Å². The van der Waals surface area contributed by atoms with E-state index in [1.54, 1.807) is 7.11 Å². The van der Waals surface area contributed by atoms with Gasteiger partial charge in [-0.2, -0.15) is 0 Å². The molecule has 1 saturated heterocycles. The minimum atomic E-state index is -0.539. The predicted octanol–water partition coefficient (Wildman–Crippen LogP) is 3.76. The molecule has 0 aliphatic carbocycles. The van der Waals surface area contributed by atoms with E-state index < -0.39 is 5.41 Å². The summed E-state index contributed by atoms with van der Waals surface area (Å²) in [6, 6.07) is 15.5. The van der Waals surface area contributed by atoms with Crippen LogP contribution in [-0.4, -0.2) is 32.8 Å². The molecule has 0 spiro atoms. The molecule has 26 heavy (non-hydrogen) atoms. The van der Waals surface area contributed by atoms with Gasteiger partial charge in [0.1, 0.15) is 5.75 Å². The molecule has 4 nitrogen and oxygen atoms in total. The summed E-state index contributed by atoms with van der Waals surface area (Å²) in [5, 5.41) is 3.80. The number of benzene rings is 2. The summed E-state index contributed by atoms with van der Waals surface area (Å²) in [7, 11) is 1.65. The molecule has 0 atom stereocenters. The first-order chi connectivity index (χ1) is 12.6. The molecule has 3 rings (SSSR count). The number of carbonyl (C=O) groups is 1. The molecule has 1 amide bonds. The van der Waals surface area contributed by atoms with Crippen LogP contribution in [0.25, 0.3) is 0 Å². The second kappa shape index (κ2) is 8.56. The normalized spacial score (nSPS) is 16.1. The van der Waals surface area contributed by atoms with Gasteiger partial charge in [-0.1, -0.05) is 35.9 Å². The average Bonchev–Trinajstić information content (AvgIpc) is 2.69. The molecule has 1 aliphatic heterocycles. The highest BCUT2D eigenvalue weighted by atomic mass is 35.5. The number of halogens is 1. The number of rotatable bonds is 6. The third-order valence-electron chi connectivity index (χ3n) is 5.04. The first-order valence-corrected chi connectivity index (χ1v) is 9.27. The summed E-state index contributed by atoms with van der Waals surface area (Å²) < 4.78 is 10.7. The second-order valence-corrected chi connectivity index (χ2v) is 6.99. The molecule has 1 fully saturated rings. The van der Waals surface area contributed by atoms with Gasteiger partial charge in [0.15, 0.2) is 0 Å². The van der Waals surface area contributed by atoms with Crippen molar-refractivity contribution in [1.82, 2.24) is 5.32 Å². The first-order valence-electron chi connectivity index (χ1n) is 8.89. The second-order valence-electron chi connectivity index (χ2n) is 6.56. The summed E-state index contributed by atoms with van der Waals surface area (Å²) in [5.74, 6) is 0.901. The van der Waals surface area contributed by atoms with Gasteiger partial charge in [0, 0.05) is 24.8 Å². The van der Waals surface area contributed by atoms with E-state index in [2.05, 4.69) is 5.32 Å². The summed E-state index contributed by atoms with van der Waals surface area (Å²) in [6.07, 6.45) is 2.15. The van der Waals surface area contributed by atoms with Gasteiger partial charge < -0.3 is 14.8 Å². The summed E-state index contributed by atoms with van der Waals surface area (Å²) in [6.45, 7) is 1.78. The third-order valence-corrected chi connectivity index (χ3v) is 5.29. The van der Waals surface area contributed by atoms with Crippen LogP contribution in [0.15, 0.2) is 48.5 Å². The van der Waals surface area contributed by atoms with Crippen LogP contribution in [0.2, 0.25) is 5.02 Å². The van der Waals surface area contributed by atoms with E-state index in [1.807, 2.05) is 48.5 Å². The quantitative estimate of drug-likeness (QED) is 0.838. The lowest BCUT2D eigenvalue weighted by atomic mass is 9.73. The zero-order chi connectivity index (χ0) is 18.4. The Morgan fingerprint density at radius 2 is 1.77 bits per heavy atom. The van der Waals surface area contributed by atoms with E-state index in [0.29, 0.717) is 37.6 Å². The average molecular weight is 374 g/mol. The van der Waals surface area contributed by atoms with Gasteiger partial charge in [0.25, 0.3) is 0 Å². The monoisotopic (exact) mass is 373 g/mol. The molecular weight excluding hydrogens is 350 g/mol. The molecule has 5 heteroatoms. The highest BCUT2D eigenvalue weighted by Gasteiger charge is 2.41. The number of methoxy groups -OCH3 is 1. The van der Waals surface area contributed by atoms with E-state index in [9.17, 15) is 4.79 Å². The van der Waals surface area contributed by atoms with Gasteiger partial charge in [0.05, 0.1) is 12.5 Å². The largest absolute Gasteiger partial charge is 0.497 e. The van der Waals surface area contributed by atoms with Crippen LogP contribution in [0.3, 0.4) is 0 Å². The lowest BCUT2D eigenvalue weighted by Gasteiger charge is -2.36. The van der Waals surface area contributed by atoms with Crippen LogP contribution in [0.5, 0.6) is 5.75 Å². The summed E-state index contributed by atoms with van der Waals surface area (Å²) in [5.41, 5.74) is 1.63. The fourth-order valence-corrected chi connectivity index (χ4v) is 3.54. The molecule has 1 heterocycles. The zero-order valence-electron chi connectivity index (χ0n) is 15.0. The highest BCUT2D eigenvalue weighted by molar-refractivity contribution is 6.30. The van der Waals surface area contributed by atoms with Crippen molar-refractivity contribution in [1.29, 1.82) is 0 Å². The molecule has 138 valence electrons. The fourth-order valence-electron chi connectivity index (χ4n) is 3.42. The Balaban J connectivity index is 1.66. The van der Waals surface area contributed by atoms with Crippen LogP contribution in [-0.2, 0) is 21.4 Å². The summed E-state index contributed by atoms with van der Waals surface area (Å²) in [4.78, 5) is 13.1. The van der Waals surface area contributed by atoms with Crippen molar-refractivity contribution < 1.29 is 14.3 Å². The number of ether oxygens (including phenoxy) is 2. The molecule has 0 bridgehead atoms. The molecule has 0 unspecified atom stereocenters. The van der Waals surface area contributed by atoms with Gasteiger partial charge in [0.2, 0.25) is 5.91 Å². The number of carbonyl (C=O) groups excluding carboxylic acids is 1. The van der Waals surface area contributed by atoms with E-state index in [1.165, 1.54) is 5.56 Å². The maximum Gasteiger partial charge on any atom is 0.230 e. The molecule has 0 radical (unpaired) electrons. The Labute approximate surface area is 159 Å². The highest BCUT2D eigenvalue weighted by Crippen LogP contribution is 2.35. The SMILES string of the molecule is COc1ccc(CCNC(=O)C2(c3ccc(Cl)cc3)CCOCC2)cc1. The number of hydrogen-bond donors (Lipinski definition) is 1. The predicted molar refractivity (Wildman–Crippen MR) is 103 cm³/mol.